The van der Waals surface area contributed by atoms with E-state index in [1.807, 2.05) is 30.3 Å². The van der Waals surface area contributed by atoms with Gasteiger partial charge in [-0.2, -0.15) is 5.10 Å². The van der Waals surface area contributed by atoms with E-state index in [9.17, 15) is 39.9 Å². The Kier molecular flexibility index (Phi) is 14.2. The molecule has 1 aliphatic heterocycles. The summed E-state index contributed by atoms with van der Waals surface area (Å²) in [5.41, 5.74) is 3.53. The Morgan fingerprint density at radius 3 is 2.48 bits per heavy atom. The number of H-pyrrole nitrogens is 1. The fourth-order valence-corrected chi connectivity index (χ4v) is 5.72. The van der Waals surface area contributed by atoms with E-state index in [0.29, 0.717) is 25.0 Å². The van der Waals surface area contributed by atoms with Crippen LogP contribution in [0.25, 0.3) is 22.0 Å². The van der Waals surface area contributed by atoms with Crippen LogP contribution in [0.2, 0.25) is 0 Å². The number of rotatable bonds is 19. The SMILES string of the molecule is C#CCOCCCCCCO[C@]1(C(=O)O)C[C@H](O)[C@@H](NC(=O)CO)[C@H]([C@H](O)[C@H](O)CNC(=O)Cc2ccc(-c3ccc4[nH]ncc4c3)cc2)O1. The monoisotopic (exact) mass is 696 g/mol. The van der Waals surface area contributed by atoms with Gasteiger partial charge in [-0.1, -0.05) is 49.1 Å². The van der Waals surface area contributed by atoms with Crippen LogP contribution in [0.15, 0.2) is 48.7 Å². The number of carbonyl (C=O) groups excluding carboxylic acids is 2. The van der Waals surface area contributed by atoms with Crippen molar-refractivity contribution in [2.45, 2.75) is 74.8 Å². The first-order chi connectivity index (χ1) is 24.1. The summed E-state index contributed by atoms with van der Waals surface area (Å²) >= 11 is 0. The first-order valence-electron chi connectivity index (χ1n) is 16.4. The molecule has 6 atom stereocenters. The van der Waals surface area contributed by atoms with E-state index >= 15 is 0 Å². The number of carboxylic acid groups (broad SMARTS) is 1. The molecule has 0 spiro atoms. The average Bonchev–Trinajstić information content (AvgIpc) is 3.59. The van der Waals surface area contributed by atoms with Crippen molar-refractivity contribution in [1.29, 1.82) is 0 Å². The molecule has 1 aliphatic rings. The zero-order chi connectivity index (χ0) is 36.1. The van der Waals surface area contributed by atoms with Gasteiger partial charge in [-0.15, -0.1) is 6.42 Å². The largest absolute Gasteiger partial charge is 0.477 e. The molecule has 0 bridgehead atoms. The predicted octanol–water partition coefficient (Wildman–Crippen LogP) is 0.245. The number of nitrogens with zero attached hydrogens (tertiary/aromatic N) is 1. The summed E-state index contributed by atoms with van der Waals surface area (Å²) in [6, 6.07) is 11.8. The topological polar surface area (TPSA) is 233 Å². The van der Waals surface area contributed by atoms with Gasteiger partial charge in [-0.05, 0) is 41.7 Å². The normalized spacial score (nSPS) is 21.6. The van der Waals surface area contributed by atoms with Crippen LogP contribution >= 0.6 is 0 Å². The van der Waals surface area contributed by atoms with Gasteiger partial charge in [-0.3, -0.25) is 14.7 Å². The zero-order valence-electron chi connectivity index (χ0n) is 27.5. The second-order valence-electron chi connectivity index (χ2n) is 12.1. The smallest absolute Gasteiger partial charge is 0.364 e. The number of hydrogen-bond acceptors (Lipinski definition) is 11. The number of terminal acetylenes is 1. The lowest BCUT2D eigenvalue weighted by Crippen LogP contribution is -2.68. The van der Waals surface area contributed by atoms with Crippen LogP contribution in [-0.2, 0) is 35.0 Å². The predicted molar refractivity (Wildman–Crippen MR) is 179 cm³/mol. The number of carbonyl (C=O) groups is 3. The number of fused-ring (bicyclic) bond motifs is 1. The number of aliphatic hydroxyl groups is 4. The molecule has 8 N–H and O–H groups in total. The summed E-state index contributed by atoms with van der Waals surface area (Å²) in [6.45, 7) is -0.787. The maximum atomic E-state index is 12.8. The molecular weight excluding hydrogens is 652 g/mol. The fraction of sp³-hybridized carbons (Fsp3) is 0.486. The Morgan fingerprint density at radius 2 is 1.78 bits per heavy atom. The minimum absolute atomic E-state index is 0.0361. The Labute approximate surface area is 288 Å². The number of nitrogens with one attached hydrogen (secondary N) is 3. The van der Waals surface area contributed by atoms with Gasteiger partial charge in [-0.25, -0.2) is 4.79 Å². The van der Waals surface area contributed by atoms with E-state index in [1.54, 1.807) is 18.3 Å². The van der Waals surface area contributed by atoms with E-state index in [0.717, 1.165) is 34.9 Å². The minimum Gasteiger partial charge on any atom is -0.477 e. The van der Waals surface area contributed by atoms with E-state index in [1.165, 1.54) is 0 Å². The molecule has 3 aromatic rings. The highest BCUT2D eigenvalue weighted by atomic mass is 16.7. The molecule has 1 fully saturated rings. The molecule has 15 nitrogen and oxygen atoms in total. The number of ether oxygens (including phenoxy) is 3. The van der Waals surface area contributed by atoms with E-state index < -0.39 is 73.6 Å². The number of hydrogen-bond donors (Lipinski definition) is 8. The number of aromatic nitrogens is 2. The molecule has 50 heavy (non-hydrogen) atoms. The molecule has 2 amide bonds. The quantitative estimate of drug-likeness (QED) is 0.0623. The van der Waals surface area contributed by atoms with Crippen LogP contribution in [0.4, 0.5) is 0 Å². The Bertz CT molecular complexity index is 1610. The molecule has 4 rings (SSSR count). The van der Waals surface area contributed by atoms with Gasteiger partial charge in [0.15, 0.2) is 0 Å². The highest BCUT2D eigenvalue weighted by molar-refractivity contribution is 5.84. The molecule has 270 valence electrons. The second-order valence-corrected chi connectivity index (χ2v) is 12.1. The lowest BCUT2D eigenvalue weighted by atomic mass is 9.88. The van der Waals surface area contributed by atoms with Gasteiger partial charge in [0, 0.05) is 25.0 Å². The maximum Gasteiger partial charge on any atom is 0.364 e. The Morgan fingerprint density at radius 1 is 1.06 bits per heavy atom. The first-order valence-corrected chi connectivity index (χ1v) is 16.4. The van der Waals surface area contributed by atoms with Gasteiger partial charge in [0.1, 0.15) is 25.4 Å². The van der Waals surface area contributed by atoms with Crippen molar-refractivity contribution < 1.29 is 54.1 Å². The molecule has 15 heteroatoms. The number of aliphatic hydroxyl groups excluding tert-OH is 4. The van der Waals surface area contributed by atoms with Crippen molar-refractivity contribution >= 4 is 28.7 Å². The summed E-state index contributed by atoms with van der Waals surface area (Å²) in [7, 11) is 0. The van der Waals surface area contributed by atoms with Crippen molar-refractivity contribution in [3.63, 3.8) is 0 Å². The average molecular weight is 697 g/mol. The zero-order valence-corrected chi connectivity index (χ0v) is 27.5. The summed E-state index contributed by atoms with van der Waals surface area (Å²) in [5, 5.41) is 65.0. The number of amides is 2. The number of unbranched alkanes of at least 4 members (excludes halogenated alkanes) is 3. The van der Waals surface area contributed by atoms with Crippen molar-refractivity contribution in [3.8, 4) is 23.5 Å². The molecule has 2 aromatic carbocycles. The maximum absolute atomic E-state index is 12.8. The number of aromatic amines is 1. The highest BCUT2D eigenvalue weighted by Crippen LogP contribution is 2.34. The van der Waals surface area contributed by atoms with Gasteiger partial charge in [0.25, 0.3) is 5.79 Å². The lowest BCUT2D eigenvalue weighted by Gasteiger charge is -2.46. The first kappa shape index (κ1) is 38.4. The number of aliphatic carboxylic acids is 1. The van der Waals surface area contributed by atoms with Crippen molar-refractivity contribution in [1.82, 2.24) is 20.8 Å². The standard InChI is InChI=1S/C35H44N4O11/c1-2-13-48-14-5-3-4-6-15-49-35(34(46)47)18-27(41)31(38-30(44)21-40)33(50-35)32(45)28(42)20-36-29(43)16-22-7-9-23(10-8-22)24-11-12-26-25(17-24)19-37-39-26/h1,7-12,17,19,27-28,31-33,40-42,45H,3-6,13-16,18,20-21H2,(H,36,43)(H,37,39)(H,38,44)(H,46,47)/t27-,28+,31+,32+,33+,35+/m0/s1. The molecule has 1 aromatic heterocycles. The molecule has 0 saturated carbocycles. The van der Waals surface area contributed by atoms with Crippen LogP contribution in [-0.4, -0.2) is 123 Å². The van der Waals surface area contributed by atoms with Crippen LogP contribution in [0.3, 0.4) is 0 Å². The number of benzene rings is 2. The van der Waals surface area contributed by atoms with Crippen LogP contribution in [0.1, 0.15) is 37.7 Å². The van der Waals surface area contributed by atoms with Gasteiger partial charge in [0.05, 0.1) is 43.0 Å². The fourth-order valence-electron chi connectivity index (χ4n) is 5.72. The summed E-state index contributed by atoms with van der Waals surface area (Å²) < 4.78 is 16.6. The molecule has 0 unspecified atom stereocenters. The lowest BCUT2D eigenvalue weighted by molar-refractivity contribution is -0.310. The molecule has 0 radical (unpaired) electrons. The van der Waals surface area contributed by atoms with Crippen molar-refractivity contribution in [2.24, 2.45) is 0 Å². The summed E-state index contributed by atoms with van der Waals surface area (Å²) in [4.78, 5) is 37.2. The molecule has 1 saturated heterocycles. The van der Waals surface area contributed by atoms with Gasteiger partial charge in [0.2, 0.25) is 11.8 Å². The molecule has 0 aliphatic carbocycles. The van der Waals surface area contributed by atoms with E-state index in [-0.39, 0.29) is 19.6 Å². The molecular formula is C35H44N4O11. The summed E-state index contributed by atoms with van der Waals surface area (Å²) in [5.74, 6) is -3.02. The van der Waals surface area contributed by atoms with Crippen LogP contribution < -0.4 is 10.6 Å². The van der Waals surface area contributed by atoms with Crippen molar-refractivity contribution in [2.75, 3.05) is 33.0 Å². The third kappa shape index (κ3) is 10.3. The van der Waals surface area contributed by atoms with E-state index in [2.05, 4.69) is 26.8 Å². The third-order valence-electron chi connectivity index (χ3n) is 8.40. The Hall–Kier alpha value is -4.40. The Balaban J connectivity index is 1.34. The number of carboxylic acids is 1. The highest BCUT2D eigenvalue weighted by Gasteiger charge is 2.55. The van der Waals surface area contributed by atoms with E-state index in [4.69, 9.17) is 20.6 Å². The van der Waals surface area contributed by atoms with Gasteiger partial charge >= 0.3 is 5.97 Å². The third-order valence-corrected chi connectivity index (χ3v) is 8.40. The van der Waals surface area contributed by atoms with Crippen LogP contribution in [0, 0.1) is 12.3 Å². The minimum atomic E-state index is -2.42. The van der Waals surface area contributed by atoms with Gasteiger partial charge < -0.3 is 50.4 Å². The molecule has 2 heterocycles. The van der Waals surface area contributed by atoms with Crippen molar-refractivity contribution in [3.05, 3.63) is 54.2 Å². The summed E-state index contributed by atoms with van der Waals surface area (Å²) in [6.07, 6.45) is 1.89. The van der Waals surface area contributed by atoms with Crippen LogP contribution in [0.5, 0.6) is 0 Å². The second kappa shape index (κ2) is 18.6.